The zero-order valence-corrected chi connectivity index (χ0v) is 13.9. The molecule has 0 fully saturated rings. The number of para-hydroxylation sites is 1. The molecule has 2 heterocycles. The second kappa shape index (κ2) is 6.29. The average molecular weight is 345 g/mol. The molecule has 2 aromatic heterocycles. The standard InChI is InChI=1S/C19H15N5O2/c1-12-16(10-22-24(12)14-5-3-2-4-6-14)19(26)23-13-7-8-17-15(9-13)18(25)21-11-20-17/h2-11H,1H3,(H,23,26)(H,20,21,25). The summed E-state index contributed by atoms with van der Waals surface area (Å²) >= 11 is 0. The quantitative estimate of drug-likeness (QED) is 0.597. The van der Waals surface area contributed by atoms with E-state index in [1.807, 2.05) is 37.3 Å². The molecule has 7 nitrogen and oxygen atoms in total. The van der Waals surface area contributed by atoms with Crippen LogP contribution in [0.5, 0.6) is 0 Å². The van der Waals surface area contributed by atoms with Gasteiger partial charge in [-0.1, -0.05) is 18.2 Å². The number of aromatic nitrogens is 4. The Morgan fingerprint density at radius 3 is 2.77 bits per heavy atom. The Morgan fingerprint density at radius 2 is 1.96 bits per heavy atom. The zero-order chi connectivity index (χ0) is 18.1. The van der Waals surface area contributed by atoms with Gasteiger partial charge in [0.05, 0.1) is 40.4 Å². The van der Waals surface area contributed by atoms with Crippen LogP contribution in [0.2, 0.25) is 0 Å². The molecule has 0 bridgehead atoms. The highest BCUT2D eigenvalue weighted by Gasteiger charge is 2.15. The Bertz CT molecular complexity index is 1160. The first-order valence-corrected chi connectivity index (χ1v) is 8.02. The summed E-state index contributed by atoms with van der Waals surface area (Å²) in [6, 6.07) is 14.6. The lowest BCUT2D eigenvalue weighted by Crippen LogP contribution is -2.14. The van der Waals surface area contributed by atoms with E-state index in [4.69, 9.17) is 0 Å². The lowest BCUT2D eigenvalue weighted by Gasteiger charge is -2.07. The van der Waals surface area contributed by atoms with Crippen molar-refractivity contribution in [1.29, 1.82) is 0 Å². The Balaban J connectivity index is 1.64. The van der Waals surface area contributed by atoms with Crippen molar-refractivity contribution in [3.63, 3.8) is 0 Å². The number of nitrogens with one attached hydrogen (secondary N) is 2. The number of carbonyl (C=O) groups is 1. The molecule has 0 spiro atoms. The maximum Gasteiger partial charge on any atom is 0.259 e. The van der Waals surface area contributed by atoms with Gasteiger partial charge in [-0.15, -0.1) is 0 Å². The largest absolute Gasteiger partial charge is 0.322 e. The number of fused-ring (bicyclic) bond motifs is 1. The van der Waals surface area contributed by atoms with Crippen molar-refractivity contribution in [3.8, 4) is 5.69 Å². The Kier molecular flexibility index (Phi) is 3.81. The highest BCUT2D eigenvalue weighted by atomic mass is 16.1. The summed E-state index contributed by atoms with van der Waals surface area (Å²) < 4.78 is 1.71. The molecule has 1 amide bonds. The van der Waals surface area contributed by atoms with Gasteiger partial charge in [-0.3, -0.25) is 9.59 Å². The second-order valence-electron chi connectivity index (χ2n) is 5.81. The number of hydrogen-bond acceptors (Lipinski definition) is 4. The average Bonchev–Trinajstić information content (AvgIpc) is 3.05. The van der Waals surface area contributed by atoms with Gasteiger partial charge in [-0.25, -0.2) is 9.67 Å². The minimum absolute atomic E-state index is 0.251. The van der Waals surface area contributed by atoms with E-state index >= 15 is 0 Å². The molecule has 0 aliphatic heterocycles. The summed E-state index contributed by atoms with van der Waals surface area (Å²) in [5.74, 6) is -0.288. The SMILES string of the molecule is Cc1c(C(=O)Nc2ccc3nc[nH]c(=O)c3c2)cnn1-c1ccccc1. The van der Waals surface area contributed by atoms with E-state index in [2.05, 4.69) is 20.4 Å². The zero-order valence-electron chi connectivity index (χ0n) is 13.9. The van der Waals surface area contributed by atoms with Crippen molar-refractivity contribution in [2.75, 3.05) is 5.32 Å². The molecule has 0 aliphatic rings. The van der Waals surface area contributed by atoms with Gasteiger partial charge in [-0.05, 0) is 37.3 Å². The number of benzene rings is 2. The van der Waals surface area contributed by atoms with E-state index in [-0.39, 0.29) is 11.5 Å². The summed E-state index contributed by atoms with van der Waals surface area (Å²) in [4.78, 5) is 31.1. The van der Waals surface area contributed by atoms with Crippen LogP contribution in [-0.2, 0) is 0 Å². The van der Waals surface area contributed by atoms with E-state index in [0.29, 0.717) is 22.2 Å². The number of amides is 1. The molecule has 0 radical (unpaired) electrons. The number of aromatic amines is 1. The smallest absolute Gasteiger partial charge is 0.259 e. The molecule has 0 aliphatic carbocycles. The van der Waals surface area contributed by atoms with Crippen LogP contribution in [0.3, 0.4) is 0 Å². The van der Waals surface area contributed by atoms with Gasteiger partial charge in [0.25, 0.3) is 11.5 Å². The summed E-state index contributed by atoms with van der Waals surface area (Å²) in [5, 5.41) is 7.53. The first kappa shape index (κ1) is 15.8. The minimum Gasteiger partial charge on any atom is -0.322 e. The molecule has 0 unspecified atom stereocenters. The van der Waals surface area contributed by atoms with Crippen molar-refractivity contribution in [3.05, 3.63) is 82.7 Å². The molecule has 128 valence electrons. The Labute approximate surface area is 148 Å². The Morgan fingerprint density at radius 1 is 1.15 bits per heavy atom. The van der Waals surface area contributed by atoms with E-state index in [1.54, 1.807) is 22.9 Å². The molecule has 0 saturated heterocycles. The van der Waals surface area contributed by atoms with Crippen LogP contribution in [0.1, 0.15) is 16.1 Å². The molecule has 26 heavy (non-hydrogen) atoms. The summed E-state index contributed by atoms with van der Waals surface area (Å²) in [6.45, 7) is 1.84. The van der Waals surface area contributed by atoms with Crippen LogP contribution in [-0.4, -0.2) is 25.7 Å². The highest BCUT2D eigenvalue weighted by Crippen LogP contribution is 2.18. The number of H-pyrrole nitrogens is 1. The van der Waals surface area contributed by atoms with E-state index < -0.39 is 0 Å². The maximum atomic E-state index is 12.6. The minimum atomic E-state index is -0.288. The summed E-state index contributed by atoms with van der Waals surface area (Å²) in [6.07, 6.45) is 2.89. The van der Waals surface area contributed by atoms with Gasteiger partial charge in [0.2, 0.25) is 0 Å². The lowest BCUT2D eigenvalue weighted by molar-refractivity contribution is 0.102. The number of carbonyl (C=O) groups excluding carboxylic acids is 1. The molecule has 7 heteroatoms. The van der Waals surface area contributed by atoms with Crippen molar-refractivity contribution in [2.45, 2.75) is 6.92 Å². The van der Waals surface area contributed by atoms with Gasteiger partial charge in [0.1, 0.15) is 0 Å². The van der Waals surface area contributed by atoms with Crippen LogP contribution >= 0.6 is 0 Å². The molecular weight excluding hydrogens is 330 g/mol. The first-order valence-electron chi connectivity index (χ1n) is 8.02. The molecule has 0 atom stereocenters. The number of nitrogens with zero attached hydrogens (tertiary/aromatic N) is 3. The van der Waals surface area contributed by atoms with Crippen molar-refractivity contribution in [1.82, 2.24) is 19.7 Å². The molecule has 4 aromatic rings. The molecular formula is C19H15N5O2. The maximum absolute atomic E-state index is 12.6. The van der Waals surface area contributed by atoms with Gasteiger partial charge in [0.15, 0.2) is 0 Å². The molecule has 2 N–H and O–H groups in total. The third-order valence-corrected chi connectivity index (χ3v) is 4.15. The molecule has 4 rings (SSSR count). The topological polar surface area (TPSA) is 92.7 Å². The van der Waals surface area contributed by atoms with Crippen LogP contribution in [0, 0.1) is 6.92 Å². The van der Waals surface area contributed by atoms with Crippen LogP contribution in [0.25, 0.3) is 16.6 Å². The molecule has 2 aromatic carbocycles. The number of rotatable bonds is 3. The van der Waals surface area contributed by atoms with Gasteiger partial charge < -0.3 is 10.3 Å². The van der Waals surface area contributed by atoms with Crippen LogP contribution in [0.4, 0.5) is 5.69 Å². The summed E-state index contributed by atoms with van der Waals surface area (Å²) in [5.41, 5.74) is 2.92. The predicted octanol–water partition coefficient (Wildman–Crippen LogP) is 2.67. The monoisotopic (exact) mass is 345 g/mol. The third-order valence-electron chi connectivity index (χ3n) is 4.15. The van der Waals surface area contributed by atoms with Gasteiger partial charge in [-0.2, -0.15) is 5.10 Å². The second-order valence-corrected chi connectivity index (χ2v) is 5.81. The van der Waals surface area contributed by atoms with E-state index in [9.17, 15) is 9.59 Å². The summed E-state index contributed by atoms with van der Waals surface area (Å²) in [7, 11) is 0. The number of anilines is 1. The lowest BCUT2D eigenvalue weighted by atomic mass is 10.2. The van der Waals surface area contributed by atoms with Gasteiger partial charge >= 0.3 is 0 Å². The van der Waals surface area contributed by atoms with Crippen LogP contribution in [0.15, 0.2) is 65.8 Å². The van der Waals surface area contributed by atoms with E-state index in [0.717, 1.165) is 11.4 Å². The van der Waals surface area contributed by atoms with E-state index in [1.165, 1.54) is 12.5 Å². The fourth-order valence-corrected chi connectivity index (χ4v) is 2.81. The number of hydrogen-bond donors (Lipinski definition) is 2. The fraction of sp³-hybridized carbons (Fsp3) is 0.0526. The third kappa shape index (κ3) is 2.75. The Hall–Kier alpha value is -3.74. The predicted molar refractivity (Wildman–Crippen MR) is 98.6 cm³/mol. The normalized spacial score (nSPS) is 10.8. The first-order chi connectivity index (χ1) is 12.6. The highest BCUT2D eigenvalue weighted by molar-refractivity contribution is 6.05. The van der Waals surface area contributed by atoms with Crippen LogP contribution < -0.4 is 10.9 Å². The van der Waals surface area contributed by atoms with Crippen molar-refractivity contribution < 1.29 is 4.79 Å². The van der Waals surface area contributed by atoms with Crippen molar-refractivity contribution >= 4 is 22.5 Å². The fourth-order valence-electron chi connectivity index (χ4n) is 2.81. The van der Waals surface area contributed by atoms with Crippen molar-refractivity contribution in [2.24, 2.45) is 0 Å². The molecule has 0 saturated carbocycles. The van der Waals surface area contributed by atoms with Gasteiger partial charge in [0, 0.05) is 5.69 Å².